The molecule has 0 spiro atoms. The van der Waals surface area contributed by atoms with Crippen molar-refractivity contribution in [3.63, 3.8) is 0 Å². The van der Waals surface area contributed by atoms with Crippen LogP contribution >= 0.6 is 7.82 Å². The summed E-state index contributed by atoms with van der Waals surface area (Å²) in [6, 6.07) is -0.799. The highest BCUT2D eigenvalue weighted by atomic mass is 31.2. The second kappa shape index (κ2) is 42.5. The number of aliphatic hydroxyl groups is 1. The number of aliphatic hydroxyl groups excluding tert-OH is 1. The molecule has 0 aliphatic heterocycles. The van der Waals surface area contributed by atoms with Gasteiger partial charge in [-0.1, -0.05) is 219 Å². The molecule has 9 heteroatoms. The van der Waals surface area contributed by atoms with Gasteiger partial charge in [0.15, 0.2) is 0 Å². The summed E-state index contributed by atoms with van der Waals surface area (Å²) < 4.78 is 23.3. The largest absolute Gasteiger partial charge is 0.756 e. The molecule has 59 heavy (non-hydrogen) atoms. The van der Waals surface area contributed by atoms with Gasteiger partial charge in [0, 0.05) is 6.42 Å². The van der Waals surface area contributed by atoms with E-state index in [0.29, 0.717) is 23.9 Å². The minimum absolute atomic E-state index is 0.0135. The van der Waals surface area contributed by atoms with Crippen LogP contribution < -0.4 is 10.2 Å². The molecule has 0 aromatic rings. The number of allylic oxidation sites excluding steroid dienone is 2. The van der Waals surface area contributed by atoms with Crippen molar-refractivity contribution >= 4 is 13.7 Å². The molecule has 3 unspecified atom stereocenters. The number of nitrogens with one attached hydrogen (secondary N) is 1. The first-order valence-electron chi connectivity index (χ1n) is 25.5. The van der Waals surface area contributed by atoms with Crippen LogP contribution in [0.3, 0.4) is 0 Å². The normalized spacial score (nSPS) is 14.2. The Kier molecular flexibility index (Phi) is 42.0. The highest BCUT2D eigenvalue weighted by molar-refractivity contribution is 7.45. The van der Waals surface area contributed by atoms with Crippen molar-refractivity contribution in [2.75, 3.05) is 40.9 Å². The fraction of sp³-hybridized carbons (Fsp3) is 0.940. The molecule has 1 amide bonds. The Morgan fingerprint density at radius 1 is 0.576 bits per heavy atom. The lowest BCUT2D eigenvalue weighted by atomic mass is 10.0. The molecule has 0 aliphatic carbocycles. The number of hydrogen-bond donors (Lipinski definition) is 2. The van der Waals surface area contributed by atoms with Crippen LogP contribution in [-0.4, -0.2) is 68.5 Å². The van der Waals surface area contributed by atoms with Gasteiger partial charge in [-0.25, -0.2) is 0 Å². The van der Waals surface area contributed by atoms with Crippen molar-refractivity contribution in [1.29, 1.82) is 0 Å². The van der Waals surface area contributed by atoms with Crippen molar-refractivity contribution < 1.29 is 32.9 Å². The highest BCUT2D eigenvalue weighted by Gasteiger charge is 2.24. The smallest absolute Gasteiger partial charge is 0.268 e. The number of rotatable bonds is 47. The van der Waals surface area contributed by atoms with Crippen molar-refractivity contribution in [2.45, 2.75) is 264 Å². The third-order valence-electron chi connectivity index (χ3n) is 11.8. The van der Waals surface area contributed by atoms with E-state index in [1.807, 2.05) is 21.1 Å². The fourth-order valence-electron chi connectivity index (χ4n) is 7.68. The second-order valence-electron chi connectivity index (χ2n) is 18.9. The van der Waals surface area contributed by atoms with E-state index in [4.69, 9.17) is 9.05 Å². The molecule has 0 radical (unpaired) electrons. The number of carbonyl (C=O) groups is 1. The van der Waals surface area contributed by atoms with E-state index < -0.39 is 20.0 Å². The van der Waals surface area contributed by atoms with E-state index in [1.165, 1.54) is 186 Å². The minimum Gasteiger partial charge on any atom is -0.756 e. The molecule has 0 bridgehead atoms. The number of nitrogens with zero attached hydrogens (tertiary/aromatic N) is 1. The lowest BCUT2D eigenvalue weighted by Gasteiger charge is -2.30. The number of phosphoric acid groups is 1. The number of hydrogen-bond acceptors (Lipinski definition) is 6. The Morgan fingerprint density at radius 2 is 0.932 bits per heavy atom. The molecule has 352 valence electrons. The Morgan fingerprint density at radius 3 is 1.32 bits per heavy atom. The maximum atomic E-state index is 12.9. The minimum atomic E-state index is -4.57. The van der Waals surface area contributed by atoms with E-state index in [2.05, 4.69) is 31.3 Å². The summed E-state index contributed by atoms with van der Waals surface area (Å²) in [4.78, 5) is 25.4. The first-order chi connectivity index (χ1) is 28.5. The van der Waals surface area contributed by atoms with Crippen LogP contribution in [0.5, 0.6) is 0 Å². The summed E-state index contributed by atoms with van der Waals surface area (Å²) in [6.07, 6.45) is 49.3. The van der Waals surface area contributed by atoms with Gasteiger partial charge in [0.25, 0.3) is 7.82 Å². The van der Waals surface area contributed by atoms with Crippen LogP contribution in [0.4, 0.5) is 0 Å². The molecule has 0 saturated heterocycles. The van der Waals surface area contributed by atoms with Crippen LogP contribution in [0, 0.1) is 0 Å². The zero-order chi connectivity index (χ0) is 43.6. The average molecular weight is 857 g/mol. The number of carbonyl (C=O) groups excluding carboxylic acids is 1. The molecular formula is C50H101N2O6P. The van der Waals surface area contributed by atoms with Gasteiger partial charge in [0.1, 0.15) is 13.2 Å². The number of amides is 1. The highest BCUT2D eigenvalue weighted by Crippen LogP contribution is 2.38. The molecule has 3 atom stereocenters. The summed E-state index contributed by atoms with van der Waals surface area (Å²) in [5, 5.41) is 14.0. The third kappa shape index (κ3) is 45.1. The van der Waals surface area contributed by atoms with Crippen LogP contribution in [0.1, 0.15) is 251 Å². The SMILES string of the molecule is CCCCCCCCC/C=C\CCCCCCCCCC(=O)NC(COP(=O)([O-])OCC[N+](C)(C)C)C(O)CCCCCCCCCCCCCCCCCCCCC. The predicted octanol–water partition coefficient (Wildman–Crippen LogP) is 14.1. The van der Waals surface area contributed by atoms with Crippen LogP contribution in [0.15, 0.2) is 12.2 Å². The van der Waals surface area contributed by atoms with Crippen LogP contribution in [-0.2, 0) is 18.4 Å². The number of unbranched alkanes of at least 4 members (excludes halogenated alkanes) is 32. The second-order valence-corrected chi connectivity index (χ2v) is 20.3. The fourth-order valence-corrected chi connectivity index (χ4v) is 8.41. The molecule has 0 heterocycles. The molecule has 0 fully saturated rings. The first-order valence-corrected chi connectivity index (χ1v) is 27.0. The van der Waals surface area contributed by atoms with Gasteiger partial charge in [-0.2, -0.15) is 0 Å². The Bertz CT molecular complexity index is 974. The van der Waals surface area contributed by atoms with Gasteiger partial charge in [-0.3, -0.25) is 9.36 Å². The summed E-state index contributed by atoms with van der Waals surface area (Å²) >= 11 is 0. The van der Waals surface area contributed by atoms with E-state index >= 15 is 0 Å². The quantitative estimate of drug-likeness (QED) is 0.0273. The number of phosphoric ester groups is 1. The topological polar surface area (TPSA) is 108 Å². The van der Waals surface area contributed by atoms with Gasteiger partial charge in [-0.15, -0.1) is 0 Å². The van der Waals surface area contributed by atoms with Crippen molar-refractivity contribution in [2.24, 2.45) is 0 Å². The Balaban J connectivity index is 4.26. The van der Waals surface area contributed by atoms with E-state index in [0.717, 1.165) is 38.5 Å². The lowest BCUT2D eigenvalue weighted by molar-refractivity contribution is -0.870. The summed E-state index contributed by atoms with van der Waals surface area (Å²) in [5.74, 6) is -0.166. The average Bonchev–Trinajstić information content (AvgIpc) is 3.19. The monoisotopic (exact) mass is 857 g/mol. The van der Waals surface area contributed by atoms with Gasteiger partial charge in [0.2, 0.25) is 5.91 Å². The van der Waals surface area contributed by atoms with Crippen molar-refractivity contribution in [1.82, 2.24) is 5.32 Å². The van der Waals surface area contributed by atoms with E-state index in [9.17, 15) is 19.4 Å². The van der Waals surface area contributed by atoms with Crippen molar-refractivity contribution in [3.05, 3.63) is 12.2 Å². The number of likely N-dealkylation sites (N-methyl/N-ethyl adjacent to an activating group) is 1. The summed E-state index contributed by atoms with van der Waals surface area (Å²) in [6.45, 7) is 4.74. The van der Waals surface area contributed by atoms with E-state index in [-0.39, 0.29) is 19.1 Å². The third-order valence-corrected chi connectivity index (χ3v) is 12.7. The Labute approximate surface area is 367 Å². The number of quaternary nitrogens is 1. The first kappa shape index (κ1) is 58.2. The van der Waals surface area contributed by atoms with Crippen LogP contribution in [0.25, 0.3) is 0 Å². The molecule has 0 aromatic carbocycles. The molecule has 0 aromatic heterocycles. The standard InChI is InChI=1S/C50H101N2O6P/c1-6-8-10-12-14-16-18-20-22-24-26-27-29-31-33-35-37-39-41-43-49(53)48(47-58-59(55,56)57-46-45-52(3,4)5)51-50(54)44-42-40-38-36-34-32-30-28-25-23-21-19-17-15-13-11-9-7-2/h23,25,48-49,53H,6-22,24,26-47H2,1-5H3,(H-,51,54,55,56)/b25-23-. The van der Waals surface area contributed by atoms with E-state index in [1.54, 1.807) is 0 Å². The molecule has 8 nitrogen and oxygen atoms in total. The molecule has 0 rings (SSSR count). The zero-order valence-corrected chi connectivity index (χ0v) is 40.9. The van der Waals surface area contributed by atoms with Gasteiger partial charge >= 0.3 is 0 Å². The maximum absolute atomic E-state index is 12.9. The molecular weight excluding hydrogens is 756 g/mol. The van der Waals surface area contributed by atoms with Crippen molar-refractivity contribution in [3.8, 4) is 0 Å². The van der Waals surface area contributed by atoms with Gasteiger partial charge < -0.3 is 28.8 Å². The summed E-state index contributed by atoms with van der Waals surface area (Å²) in [7, 11) is 1.31. The maximum Gasteiger partial charge on any atom is 0.268 e. The van der Waals surface area contributed by atoms with Gasteiger partial charge in [-0.05, 0) is 38.5 Å². The summed E-state index contributed by atoms with van der Waals surface area (Å²) in [5.41, 5.74) is 0. The van der Waals surface area contributed by atoms with Crippen LogP contribution in [0.2, 0.25) is 0 Å². The lowest BCUT2D eigenvalue weighted by Crippen LogP contribution is -2.46. The molecule has 0 saturated carbocycles. The van der Waals surface area contributed by atoms with Gasteiger partial charge in [0.05, 0.1) is 39.9 Å². The Hall–Kier alpha value is -0.760. The zero-order valence-electron chi connectivity index (χ0n) is 40.0. The predicted molar refractivity (Wildman–Crippen MR) is 252 cm³/mol. The molecule has 0 aliphatic rings. The molecule has 2 N–H and O–H groups in total.